The summed E-state index contributed by atoms with van der Waals surface area (Å²) in [6.07, 6.45) is 2.41. The van der Waals surface area contributed by atoms with Crippen LogP contribution in [-0.4, -0.2) is 71.3 Å². The van der Waals surface area contributed by atoms with E-state index in [2.05, 4.69) is 22.8 Å². The number of nitrogens with zero attached hydrogens (tertiary/aromatic N) is 1. The molecular weight excluding hydrogens is 449 g/mol. The highest BCUT2D eigenvalue weighted by Crippen LogP contribution is 2.38. The number of nitrogens with one attached hydrogen (secondary N) is 2. The van der Waals surface area contributed by atoms with Gasteiger partial charge in [-0.15, -0.1) is 0 Å². The zero-order chi connectivity index (χ0) is 25.6. The molecule has 0 aliphatic carbocycles. The van der Waals surface area contributed by atoms with Gasteiger partial charge in [0, 0.05) is 13.1 Å². The molecule has 1 aromatic rings. The number of hydrogen-bond donors (Lipinski definition) is 3. The van der Waals surface area contributed by atoms with Gasteiger partial charge in [0.05, 0.1) is 23.6 Å². The smallest absolute Gasteiger partial charge is 0.465 e. The summed E-state index contributed by atoms with van der Waals surface area (Å²) in [4.78, 5) is 38.9. The van der Waals surface area contributed by atoms with Gasteiger partial charge in [0.15, 0.2) is 0 Å². The average Bonchev–Trinajstić information content (AvgIpc) is 3.39. The number of carbonyl (C=O) groups is 3. The minimum absolute atomic E-state index is 0.224. The maximum Gasteiger partial charge on any atom is 0.481 e. The Morgan fingerprint density at radius 2 is 1.63 bits per heavy atom. The normalized spacial score (nSPS) is 20.3. The van der Waals surface area contributed by atoms with Crippen LogP contribution in [-0.2, 0) is 25.3 Å². The van der Waals surface area contributed by atoms with E-state index in [1.54, 1.807) is 4.90 Å². The van der Waals surface area contributed by atoms with Gasteiger partial charge in [-0.05, 0) is 65.4 Å². The van der Waals surface area contributed by atoms with Crippen LogP contribution in [0.2, 0.25) is 0 Å². The summed E-state index contributed by atoms with van der Waals surface area (Å²) in [5.74, 6) is -1.29. The fourth-order valence-electron chi connectivity index (χ4n) is 4.41. The van der Waals surface area contributed by atoms with Crippen molar-refractivity contribution in [2.45, 2.75) is 89.4 Å². The topological polar surface area (TPSA) is 117 Å². The molecule has 0 radical (unpaired) electrons. The van der Waals surface area contributed by atoms with E-state index in [0.29, 0.717) is 19.5 Å². The van der Waals surface area contributed by atoms with Crippen LogP contribution < -0.4 is 10.6 Å². The van der Waals surface area contributed by atoms with Crippen molar-refractivity contribution in [3.8, 4) is 0 Å². The highest BCUT2D eigenvalue weighted by molar-refractivity contribution is 6.48. The fourth-order valence-corrected chi connectivity index (χ4v) is 4.41. The minimum atomic E-state index is -1.35. The van der Waals surface area contributed by atoms with E-state index < -0.39 is 42.3 Å². The molecule has 0 saturated carbocycles. The van der Waals surface area contributed by atoms with Crippen molar-refractivity contribution < 1.29 is 28.8 Å². The van der Waals surface area contributed by atoms with Crippen LogP contribution in [0.3, 0.4) is 0 Å². The van der Waals surface area contributed by atoms with Crippen molar-refractivity contribution in [2.24, 2.45) is 0 Å². The van der Waals surface area contributed by atoms with E-state index in [1.165, 1.54) is 5.56 Å². The molecule has 2 atom stereocenters. The lowest BCUT2D eigenvalue weighted by atomic mass is 9.75. The fraction of sp³-hybridized carbons (Fsp3) is 0.640. The molecule has 35 heavy (non-hydrogen) atoms. The quantitative estimate of drug-likeness (QED) is 0.437. The van der Waals surface area contributed by atoms with Gasteiger partial charge in [0.1, 0.15) is 6.04 Å². The van der Waals surface area contributed by atoms with Crippen molar-refractivity contribution in [2.75, 3.05) is 13.1 Å². The number of rotatable bonds is 10. The van der Waals surface area contributed by atoms with E-state index in [4.69, 9.17) is 9.31 Å². The van der Waals surface area contributed by atoms with Crippen LogP contribution in [0.25, 0.3) is 0 Å². The molecule has 2 saturated heterocycles. The molecule has 2 aliphatic rings. The van der Waals surface area contributed by atoms with Crippen molar-refractivity contribution in [3.05, 3.63) is 35.9 Å². The van der Waals surface area contributed by atoms with Crippen molar-refractivity contribution in [1.29, 1.82) is 0 Å². The monoisotopic (exact) mass is 487 g/mol. The predicted octanol–water partition coefficient (Wildman–Crippen LogP) is 2.77. The van der Waals surface area contributed by atoms with Gasteiger partial charge < -0.3 is 29.9 Å². The van der Waals surface area contributed by atoms with Crippen LogP contribution in [0, 0.1) is 0 Å². The number of likely N-dealkylation sites (tertiary alicyclic amines) is 1. The van der Waals surface area contributed by atoms with Gasteiger partial charge in [-0.2, -0.15) is 0 Å². The summed E-state index contributed by atoms with van der Waals surface area (Å²) >= 11 is 0. The molecule has 1 aromatic carbocycles. The summed E-state index contributed by atoms with van der Waals surface area (Å²) in [7, 11) is -0.695. The number of benzene rings is 1. The van der Waals surface area contributed by atoms with E-state index >= 15 is 0 Å². The number of amides is 3. The molecular formula is C25H38BN3O6. The SMILES string of the molecule is CC1(C)OB(C(CCCc2ccccc2)NC(=O)C(CC(=O)N2CCCC2)NC(=O)O)OC1(C)C. The van der Waals surface area contributed by atoms with Gasteiger partial charge in [-0.3, -0.25) is 9.59 Å². The van der Waals surface area contributed by atoms with Crippen molar-refractivity contribution in [1.82, 2.24) is 15.5 Å². The molecule has 9 nitrogen and oxygen atoms in total. The number of carbonyl (C=O) groups excluding carboxylic acids is 2. The second kappa shape index (κ2) is 11.4. The molecule has 2 fully saturated rings. The Kier molecular flexibility index (Phi) is 8.82. The van der Waals surface area contributed by atoms with E-state index in [9.17, 15) is 19.5 Å². The highest BCUT2D eigenvalue weighted by atomic mass is 16.7. The number of hydrogen-bond acceptors (Lipinski definition) is 5. The first-order valence-electron chi connectivity index (χ1n) is 12.5. The van der Waals surface area contributed by atoms with Crippen LogP contribution in [0.5, 0.6) is 0 Å². The third-order valence-corrected chi connectivity index (χ3v) is 7.20. The largest absolute Gasteiger partial charge is 0.481 e. The summed E-state index contributed by atoms with van der Waals surface area (Å²) < 4.78 is 12.4. The Labute approximate surface area is 208 Å². The van der Waals surface area contributed by atoms with Gasteiger partial charge in [0.2, 0.25) is 11.8 Å². The first kappa shape index (κ1) is 27.0. The molecule has 0 spiro atoms. The standard InChI is InChI=1S/C25H38BN3O6/c1-24(2)25(3,4)35-26(34-24)20(14-10-13-18-11-6-5-7-12-18)28-22(31)19(27-23(32)33)17-21(30)29-15-8-9-16-29/h5-7,11-12,19-20,27H,8-10,13-17H2,1-4H3,(H,28,31)(H,32,33). The van der Waals surface area contributed by atoms with Crippen LogP contribution >= 0.6 is 0 Å². The second-order valence-corrected chi connectivity index (χ2v) is 10.4. The summed E-state index contributed by atoms with van der Waals surface area (Å²) in [6.45, 7) is 9.05. The molecule has 10 heteroatoms. The molecule has 2 heterocycles. The molecule has 192 valence electrons. The number of carboxylic acid groups (broad SMARTS) is 1. The van der Waals surface area contributed by atoms with E-state index in [-0.39, 0.29) is 12.3 Å². The Balaban J connectivity index is 1.70. The van der Waals surface area contributed by atoms with Crippen LogP contribution in [0.4, 0.5) is 4.79 Å². The van der Waals surface area contributed by atoms with Crippen molar-refractivity contribution >= 4 is 25.0 Å². The predicted molar refractivity (Wildman–Crippen MR) is 133 cm³/mol. The van der Waals surface area contributed by atoms with E-state index in [0.717, 1.165) is 25.7 Å². The molecule has 0 aromatic heterocycles. The van der Waals surface area contributed by atoms with Gasteiger partial charge in [-0.1, -0.05) is 30.3 Å². The maximum atomic E-state index is 13.2. The summed E-state index contributed by atoms with van der Waals surface area (Å²) in [5, 5.41) is 14.5. The number of aryl methyl sites for hydroxylation is 1. The lowest BCUT2D eigenvalue weighted by molar-refractivity contribution is -0.134. The molecule has 2 unspecified atom stereocenters. The second-order valence-electron chi connectivity index (χ2n) is 10.4. The lowest BCUT2D eigenvalue weighted by Gasteiger charge is -2.32. The zero-order valence-corrected chi connectivity index (χ0v) is 21.2. The zero-order valence-electron chi connectivity index (χ0n) is 21.2. The maximum absolute atomic E-state index is 13.2. The third-order valence-electron chi connectivity index (χ3n) is 7.20. The van der Waals surface area contributed by atoms with Crippen LogP contribution in [0.15, 0.2) is 30.3 Å². The first-order valence-corrected chi connectivity index (χ1v) is 12.5. The van der Waals surface area contributed by atoms with Crippen molar-refractivity contribution in [3.63, 3.8) is 0 Å². The Bertz CT molecular complexity index is 872. The molecule has 0 bridgehead atoms. The highest BCUT2D eigenvalue weighted by Gasteiger charge is 2.54. The van der Waals surface area contributed by atoms with Crippen LogP contribution in [0.1, 0.15) is 65.4 Å². The van der Waals surface area contributed by atoms with Gasteiger partial charge in [-0.25, -0.2) is 4.79 Å². The molecule has 2 aliphatic heterocycles. The molecule has 3 N–H and O–H groups in total. The minimum Gasteiger partial charge on any atom is -0.465 e. The lowest BCUT2D eigenvalue weighted by Crippen LogP contribution is -2.55. The summed E-state index contributed by atoms with van der Waals surface area (Å²) in [5.41, 5.74) is 0.0304. The van der Waals surface area contributed by atoms with Gasteiger partial charge in [0.25, 0.3) is 0 Å². The average molecular weight is 487 g/mol. The first-order chi connectivity index (χ1) is 16.5. The molecule has 3 amide bonds. The molecule has 3 rings (SSSR count). The van der Waals surface area contributed by atoms with Gasteiger partial charge >= 0.3 is 13.2 Å². The van der Waals surface area contributed by atoms with E-state index in [1.807, 2.05) is 45.9 Å². The Hall–Kier alpha value is -2.59. The third kappa shape index (κ3) is 7.21. The Morgan fingerprint density at radius 1 is 1.03 bits per heavy atom. The Morgan fingerprint density at radius 3 is 2.20 bits per heavy atom. The summed E-state index contributed by atoms with van der Waals surface area (Å²) in [6, 6.07) is 8.86.